The van der Waals surface area contributed by atoms with Crippen molar-refractivity contribution >= 4 is 17.8 Å². The van der Waals surface area contributed by atoms with Crippen molar-refractivity contribution in [1.29, 1.82) is 0 Å². The molecule has 0 spiro atoms. The van der Waals surface area contributed by atoms with E-state index in [1.165, 1.54) is 4.90 Å². The number of nitrogens with zero attached hydrogens (tertiary/aromatic N) is 1. The molecule has 0 unspecified atom stereocenters. The van der Waals surface area contributed by atoms with Crippen LogP contribution < -0.4 is 0 Å². The van der Waals surface area contributed by atoms with Gasteiger partial charge in [0.25, 0.3) is 0 Å². The number of hydrogen-bond acceptors (Lipinski definition) is 3. The van der Waals surface area contributed by atoms with Crippen molar-refractivity contribution in [3.63, 3.8) is 0 Å². The van der Waals surface area contributed by atoms with Gasteiger partial charge in [0.2, 0.25) is 5.91 Å². The van der Waals surface area contributed by atoms with Crippen molar-refractivity contribution < 1.29 is 24.6 Å². The third-order valence-corrected chi connectivity index (χ3v) is 2.12. The molecule has 2 N–H and O–H groups in total. The van der Waals surface area contributed by atoms with Crippen molar-refractivity contribution in [2.75, 3.05) is 13.1 Å². The van der Waals surface area contributed by atoms with E-state index in [0.717, 1.165) is 0 Å². The first-order valence-corrected chi connectivity index (χ1v) is 5.37. The molecule has 0 aliphatic rings. The van der Waals surface area contributed by atoms with E-state index in [1.54, 1.807) is 20.8 Å². The van der Waals surface area contributed by atoms with Crippen LogP contribution in [-0.4, -0.2) is 46.0 Å². The van der Waals surface area contributed by atoms with Crippen LogP contribution in [0.4, 0.5) is 0 Å². The summed E-state index contributed by atoms with van der Waals surface area (Å²) in [7, 11) is 0. The Hall–Kier alpha value is -1.59. The van der Waals surface area contributed by atoms with Crippen molar-refractivity contribution in [2.45, 2.75) is 33.6 Å². The standard InChI is InChI=1S/C11H19NO5/c1-11(2,3)10(17)12(6-4-8(13)14)7-5-9(15)16/h4-7H2,1-3H3,(H,13,14)(H,15,16). The van der Waals surface area contributed by atoms with E-state index < -0.39 is 17.4 Å². The molecule has 0 aliphatic heterocycles. The summed E-state index contributed by atoms with van der Waals surface area (Å²) in [6.07, 6.45) is -0.358. The largest absolute Gasteiger partial charge is 0.481 e. The summed E-state index contributed by atoms with van der Waals surface area (Å²) in [6, 6.07) is 0. The lowest BCUT2D eigenvalue weighted by Gasteiger charge is -2.28. The highest BCUT2D eigenvalue weighted by Gasteiger charge is 2.27. The maximum atomic E-state index is 11.9. The third-order valence-electron chi connectivity index (χ3n) is 2.12. The van der Waals surface area contributed by atoms with Crippen LogP contribution in [0.25, 0.3) is 0 Å². The summed E-state index contributed by atoms with van der Waals surface area (Å²) in [5.74, 6) is -2.25. The highest BCUT2D eigenvalue weighted by molar-refractivity contribution is 5.82. The molecule has 0 aromatic heterocycles. The number of rotatable bonds is 6. The van der Waals surface area contributed by atoms with Crippen molar-refractivity contribution in [2.24, 2.45) is 5.41 Å². The Morgan fingerprint density at radius 1 is 0.941 bits per heavy atom. The number of hydrogen-bond donors (Lipinski definition) is 2. The maximum absolute atomic E-state index is 11.9. The Balaban J connectivity index is 4.54. The fourth-order valence-corrected chi connectivity index (χ4v) is 1.25. The quantitative estimate of drug-likeness (QED) is 0.722. The smallest absolute Gasteiger partial charge is 0.305 e. The van der Waals surface area contributed by atoms with Gasteiger partial charge in [-0.1, -0.05) is 20.8 Å². The van der Waals surface area contributed by atoms with Crippen LogP contribution in [0.3, 0.4) is 0 Å². The molecule has 0 bridgehead atoms. The lowest BCUT2D eigenvalue weighted by molar-refractivity contribution is -0.143. The number of carboxylic acids is 2. The zero-order valence-electron chi connectivity index (χ0n) is 10.4. The number of carboxylic acid groups (broad SMARTS) is 2. The van der Waals surface area contributed by atoms with E-state index in [-0.39, 0.29) is 31.8 Å². The second-order valence-electron chi connectivity index (χ2n) is 4.83. The van der Waals surface area contributed by atoms with Gasteiger partial charge in [-0.25, -0.2) is 0 Å². The number of carbonyl (C=O) groups excluding carboxylic acids is 1. The van der Waals surface area contributed by atoms with Crippen molar-refractivity contribution in [3.8, 4) is 0 Å². The number of amides is 1. The zero-order valence-corrected chi connectivity index (χ0v) is 10.4. The van der Waals surface area contributed by atoms with Gasteiger partial charge in [0.1, 0.15) is 0 Å². The molecule has 0 fully saturated rings. The first-order chi connectivity index (χ1) is 7.64. The minimum atomic E-state index is -1.01. The van der Waals surface area contributed by atoms with Gasteiger partial charge in [-0.15, -0.1) is 0 Å². The summed E-state index contributed by atoms with van der Waals surface area (Å²) in [5, 5.41) is 17.1. The van der Waals surface area contributed by atoms with E-state index >= 15 is 0 Å². The Kier molecular flexibility index (Phi) is 5.64. The highest BCUT2D eigenvalue weighted by Crippen LogP contribution is 2.17. The maximum Gasteiger partial charge on any atom is 0.305 e. The van der Waals surface area contributed by atoms with Crippen LogP contribution in [0.5, 0.6) is 0 Å². The van der Waals surface area contributed by atoms with Crippen LogP contribution in [0.15, 0.2) is 0 Å². The van der Waals surface area contributed by atoms with Crippen LogP contribution >= 0.6 is 0 Å². The van der Waals surface area contributed by atoms with Gasteiger partial charge in [-0.05, 0) is 0 Å². The molecule has 1 amide bonds. The minimum absolute atomic E-state index is 0.0404. The SMILES string of the molecule is CC(C)(C)C(=O)N(CCC(=O)O)CCC(=O)O. The Morgan fingerprint density at radius 3 is 1.53 bits per heavy atom. The lowest BCUT2D eigenvalue weighted by atomic mass is 9.94. The predicted octanol–water partition coefficient (Wildman–Crippen LogP) is 0.810. The third kappa shape index (κ3) is 6.55. The lowest BCUT2D eigenvalue weighted by Crippen LogP contribution is -2.41. The topological polar surface area (TPSA) is 94.9 Å². The molecule has 0 atom stereocenters. The average molecular weight is 245 g/mol. The number of carbonyl (C=O) groups is 3. The Morgan fingerprint density at radius 2 is 1.29 bits per heavy atom. The fourth-order valence-electron chi connectivity index (χ4n) is 1.25. The molecule has 0 radical (unpaired) electrons. The van der Waals surface area contributed by atoms with E-state index in [9.17, 15) is 14.4 Å². The van der Waals surface area contributed by atoms with Gasteiger partial charge in [0.05, 0.1) is 12.8 Å². The van der Waals surface area contributed by atoms with Gasteiger partial charge in [-0.3, -0.25) is 14.4 Å². The fraction of sp³-hybridized carbons (Fsp3) is 0.727. The monoisotopic (exact) mass is 245 g/mol. The molecule has 98 valence electrons. The molecule has 0 aromatic carbocycles. The predicted molar refractivity (Wildman–Crippen MR) is 60.5 cm³/mol. The normalized spacial score (nSPS) is 11.0. The van der Waals surface area contributed by atoms with E-state index in [1.807, 2.05) is 0 Å². The van der Waals surface area contributed by atoms with E-state index in [0.29, 0.717) is 0 Å². The number of aliphatic carboxylic acids is 2. The van der Waals surface area contributed by atoms with Crippen LogP contribution in [0.2, 0.25) is 0 Å². The van der Waals surface area contributed by atoms with Gasteiger partial charge >= 0.3 is 11.9 Å². The summed E-state index contributed by atoms with van der Waals surface area (Å²) < 4.78 is 0. The van der Waals surface area contributed by atoms with Gasteiger partial charge in [-0.2, -0.15) is 0 Å². The molecule has 6 heteroatoms. The van der Waals surface area contributed by atoms with E-state index in [4.69, 9.17) is 10.2 Å². The molecule has 0 heterocycles. The summed E-state index contributed by atoms with van der Waals surface area (Å²) in [6.45, 7) is 5.22. The van der Waals surface area contributed by atoms with Crippen molar-refractivity contribution in [3.05, 3.63) is 0 Å². The summed E-state index contributed by atoms with van der Waals surface area (Å²) >= 11 is 0. The molecule has 0 aliphatic carbocycles. The molecule has 0 rings (SSSR count). The second kappa shape index (κ2) is 6.22. The average Bonchev–Trinajstić information content (AvgIpc) is 2.14. The molecule has 17 heavy (non-hydrogen) atoms. The molecular weight excluding hydrogens is 226 g/mol. The molecule has 6 nitrogen and oxygen atoms in total. The molecular formula is C11H19NO5. The molecule has 0 aromatic rings. The summed E-state index contributed by atoms with van der Waals surface area (Å²) in [5.41, 5.74) is -0.642. The van der Waals surface area contributed by atoms with Gasteiger partial charge in [0.15, 0.2) is 0 Å². The Bertz CT molecular complexity index is 287. The Labute approximate surface area is 100 Å². The first kappa shape index (κ1) is 15.4. The molecule has 0 saturated heterocycles. The first-order valence-electron chi connectivity index (χ1n) is 5.37. The highest BCUT2D eigenvalue weighted by atomic mass is 16.4. The second-order valence-corrected chi connectivity index (χ2v) is 4.83. The van der Waals surface area contributed by atoms with Gasteiger partial charge in [0, 0.05) is 18.5 Å². The van der Waals surface area contributed by atoms with E-state index in [2.05, 4.69) is 0 Å². The zero-order chi connectivity index (χ0) is 13.6. The minimum Gasteiger partial charge on any atom is -0.481 e. The molecule has 0 saturated carbocycles. The van der Waals surface area contributed by atoms with Crippen LogP contribution in [0, 0.1) is 5.41 Å². The van der Waals surface area contributed by atoms with Gasteiger partial charge < -0.3 is 15.1 Å². The van der Waals surface area contributed by atoms with Crippen LogP contribution in [-0.2, 0) is 14.4 Å². The van der Waals surface area contributed by atoms with Crippen LogP contribution in [0.1, 0.15) is 33.6 Å². The summed E-state index contributed by atoms with van der Waals surface area (Å²) in [4.78, 5) is 34.1. The van der Waals surface area contributed by atoms with Crippen molar-refractivity contribution in [1.82, 2.24) is 4.90 Å².